The van der Waals surface area contributed by atoms with Gasteiger partial charge in [0.15, 0.2) is 5.78 Å². The standard InChI is InChI=1S/C24H40FN3O2/c1-14(26)12-28(27)13-22(29)20-5-4-19-17-10-21(25)18-11-23(2,30)8-6-16(18)15(17)7-9-24(19,20)3/h12,15-21,30H,4-11,13,26-27H2,1-3H3/b14-12-/t15-,16-,17-,18+,19+,20-,21-,23-,24+/m1/s1. The van der Waals surface area contributed by atoms with Crippen LogP contribution in [0.15, 0.2) is 11.9 Å². The molecule has 0 aromatic carbocycles. The van der Waals surface area contributed by atoms with Gasteiger partial charge in [-0.25, -0.2) is 10.2 Å². The first kappa shape index (κ1) is 22.1. The molecule has 0 amide bonds. The molecule has 4 fully saturated rings. The largest absolute Gasteiger partial charge is 0.401 e. The lowest BCUT2D eigenvalue weighted by Gasteiger charge is -2.57. The van der Waals surface area contributed by atoms with Crippen molar-refractivity contribution >= 4 is 5.78 Å². The first-order valence-electron chi connectivity index (χ1n) is 11.9. The van der Waals surface area contributed by atoms with Gasteiger partial charge in [0.2, 0.25) is 0 Å². The molecule has 4 rings (SSSR count). The van der Waals surface area contributed by atoms with Crippen molar-refractivity contribution in [3.05, 3.63) is 11.9 Å². The molecule has 4 aliphatic carbocycles. The molecule has 5 N–H and O–H groups in total. The van der Waals surface area contributed by atoms with Crippen molar-refractivity contribution in [1.82, 2.24) is 5.01 Å². The van der Waals surface area contributed by atoms with Crippen LogP contribution in [-0.4, -0.2) is 34.2 Å². The van der Waals surface area contributed by atoms with Crippen LogP contribution in [0, 0.1) is 40.9 Å². The number of hydrogen-bond donors (Lipinski definition) is 3. The Hall–Kier alpha value is -1.14. The normalized spacial score (nSPS) is 48.5. The Morgan fingerprint density at radius 1 is 1.13 bits per heavy atom. The summed E-state index contributed by atoms with van der Waals surface area (Å²) in [5, 5.41) is 11.9. The highest BCUT2D eigenvalue weighted by Gasteiger charge is 2.60. The van der Waals surface area contributed by atoms with Crippen molar-refractivity contribution in [3.8, 4) is 0 Å². The fourth-order valence-electron chi connectivity index (χ4n) is 8.13. The van der Waals surface area contributed by atoms with Gasteiger partial charge in [-0.1, -0.05) is 6.92 Å². The summed E-state index contributed by atoms with van der Waals surface area (Å²) in [4.78, 5) is 13.1. The summed E-state index contributed by atoms with van der Waals surface area (Å²) < 4.78 is 15.3. The highest BCUT2D eigenvalue weighted by molar-refractivity contribution is 5.84. The minimum atomic E-state index is -0.822. The first-order valence-corrected chi connectivity index (χ1v) is 11.9. The molecule has 0 bridgehead atoms. The molecule has 6 heteroatoms. The number of hydrazine groups is 1. The SMILES string of the molecule is C/C(N)=C/N(N)CC(=O)[C@H]1CC[C@H]2[C@@H]3C[C@@H](F)[C@H]4C[C@](C)(O)CC[C@@H]4[C@H]3CC[C@]12C. The molecule has 0 saturated heterocycles. The number of halogens is 1. The third kappa shape index (κ3) is 3.79. The molecule has 4 saturated carbocycles. The molecule has 0 unspecified atom stereocenters. The minimum Gasteiger partial charge on any atom is -0.401 e. The lowest BCUT2D eigenvalue weighted by atomic mass is 9.48. The van der Waals surface area contributed by atoms with Gasteiger partial charge in [0.05, 0.1) is 12.1 Å². The van der Waals surface area contributed by atoms with Gasteiger partial charge in [0.1, 0.15) is 6.17 Å². The van der Waals surface area contributed by atoms with Gasteiger partial charge in [0, 0.05) is 17.8 Å². The second-order valence-electron chi connectivity index (χ2n) is 11.4. The number of hydrogen-bond acceptors (Lipinski definition) is 5. The van der Waals surface area contributed by atoms with Crippen LogP contribution in [0.4, 0.5) is 4.39 Å². The molecule has 0 spiro atoms. The smallest absolute Gasteiger partial charge is 0.157 e. The predicted octanol–water partition coefficient (Wildman–Crippen LogP) is 3.52. The molecule has 9 atom stereocenters. The van der Waals surface area contributed by atoms with E-state index < -0.39 is 11.8 Å². The monoisotopic (exact) mass is 421 g/mol. The van der Waals surface area contributed by atoms with Gasteiger partial charge >= 0.3 is 0 Å². The zero-order chi connectivity index (χ0) is 21.8. The Balaban J connectivity index is 1.50. The molecule has 170 valence electrons. The lowest BCUT2D eigenvalue weighted by molar-refractivity contribution is -0.139. The van der Waals surface area contributed by atoms with E-state index in [1.54, 1.807) is 13.1 Å². The van der Waals surface area contributed by atoms with Crippen molar-refractivity contribution in [1.29, 1.82) is 0 Å². The van der Waals surface area contributed by atoms with E-state index >= 15 is 4.39 Å². The fourth-order valence-corrected chi connectivity index (χ4v) is 8.13. The molecule has 30 heavy (non-hydrogen) atoms. The Morgan fingerprint density at radius 3 is 2.50 bits per heavy atom. The number of aliphatic hydroxyl groups is 1. The van der Waals surface area contributed by atoms with E-state index in [1.807, 2.05) is 6.92 Å². The number of nitrogens with zero attached hydrogens (tertiary/aromatic N) is 1. The maximum atomic E-state index is 15.3. The van der Waals surface area contributed by atoms with E-state index in [1.165, 1.54) is 5.01 Å². The molecule has 0 heterocycles. The Labute approximate surface area is 180 Å². The molecule has 0 aliphatic heterocycles. The van der Waals surface area contributed by atoms with Crippen molar-refractivity contribution in [3.63, 3.8) is 0 Å². The zero-order valence-electron chi connectivity index (χ0n) is 18.8. The Morgan fingerprint density at radius 2 is 1.80 bits per heavy atom. The van der Waals surface area contributed by atoms with Crippen LogP contribution in [0.3, 0.4) is 0 Å². The van der Waals surface area contributed by atoms with E-state index in [0.29, 0.717) is 42.2 Å². The van der Waals surface area contributed by atoms with E-state index in [4.69, 9.17) is 11.6 Å². The van der Waals surface area contributed by atoms with E-state index in [0.717, 1.165) is 38.5 Å². The molecule has 4 aliphatic rings. The van der Waals surface area contributed by atoms with Gasteiger partial charge in [-0.05, 0) is 100 Å². The topological polar surface area (TPSA) is 92.6 Å². The Kier molecular flexibility index (Phi) is 5.72. The van der Waals surface area contributed by atoms with Gasteiger partial charge in [-0.3, -0.25) is 4.79 Å². The van der Waals surface area contributed by atoms with Crippen molar-refractivity contribution in [2.45, 2.75) is 83.9 Å². The highest BCUT2D eigenvalue weighted by Crippen LogP contribution is 2.65. The van der Waals surface area contributed by atoms with E-state index in [-0.39, 0.29) is 29.6 Å². The van der Waals surface area contributed by atoms with Gasteiger partial charge in [0.25, 0.3) is 0 Å². The number of alkyl halides is 1. The number of fused-ring (bicyclic) bond motifs is 5. The third-order valence-electron chi connectivity index (χ3n) is 9.34. The van der Waals surface area contributed by atoms with Gasteiger partial charge in [-0.2, -0.15) is 0 Å². The Bertz CT molecular complexity index is 707. The number of allylic oxidation sites excluding steroid dienone is 1. The second kappa shape index (κ2) is 7.77. The number of Topliss-reactive ketones (excluding diaryl/α,β-unsaturated/α-hetero) is 1. The van der Waals surface area contributed by atoms with Crippen LogP contribution < -0.4 is 11.6 Å². The van der Waals surface area contributed by atoms with Crippen LogP contribution in [-0.2, 0) is 4.79 Å². The average molecular weight is 422 g/mol. The average Bonchev–Trinajstić information content (AvgIpc) is 2.98. The zero-order valence-corrected chi connectivity index (χ0v) is 18.8. The van der Waals surface area contributed by atoms with Crippen molar-refractivity contribution in [2.75, 3.05) is 6.54 Å². The summed E-state index contributed by atoms with van der Waals surface area (Å²) in [7, 11) is 0. The number of carbonyl (C=O) groups is 1. The maximum absolute atomic E-state index is 15.3. The summed E-state index contributed by atoms with van der Waals surface area (Å²) in [6.45, 7) is 6.09. The minimum absolute atomic E-state index is 0.00357. The predicted molar refractivity (Wildman–Crippen MR) is 115 cm³/mol. The maximum Gasteiger partial charge on any atom is 0.157 e. The fraction of sp³-hybridized carbons (Fsp3) is 0.875. The number of rotatable bonds is 4. The van der Waals surface area contributed by atoms with E-state index in [9.17, 15) is 9.90 Å². The summed E-state index contributed by atoms with van der Waals surface area (Å²) in [6.07, 6.45) is 7.77. The molecular formula is C24H40FN3O2. The number of ketones is 1. The van der Waals surface area contributed by atoms with Crippen LogP contribution >= 0.6 is 0 Å². The summed E-state index contributed by atoms with van der Waals surface area (Å²) in [6, 6.07) is 0. The molecule has 0 radical (unpaired) electrons. The van der Waals surface area contributed by atoms with Crippen LogP contribution in [0.2, 0.25) is 0 Å². The van der Waals surface area contributed by atoms with Crippen LogP contribution in [0.25, 0.3) is 0 Å². The first-order chi connectivity index (χ1) is 14.0. The second-order valence-corrected chi connectivity index (χ2v) is 11.4. The number of nitrogens with two attached hydrogens (primary N) is 2. The molecular weight excluding hydrogens is 381 g/mol. The van der Waals surface area contributed by atoms with E-state index in [2.05, 4.69) is 6.92 Å². The third-order valence-corrected chi connectivity index (χ3v) is 9.34. The van der Waals surface area contributed by atoms with Crippen LogP contribution in [0.5, 0.6) is 0 Å². The lowest BCUT2D eigenvalue weighted by Crippen LogP contribution is -2.54. The summed E-state index contributed by atoms with van der Waals surface area (Å²) in [5.41, 5.74) is 5.51. The van der Waals surface area contributed by atoms with Gasteiger partial charge < -0.3 is 15.8 Å². The summed E-state index contributed by atoms with van der Waals surface area (Å²) in [5.74, 6) is 7.92. The van der Waals surface area contributed by atoms with Crippen molar-refractivity contribution < 1.29 is 14.3 Å². The molecule has 0 aromatic heterocycles. The molecule has 5 nitrogen and oxygen atoms in total. The number of carbonyl (C=O) groups excluding carboxylic acids is 1. The van der Waals surface area contributed by atoms with Crippen LogP contribution in [0.1, 0.15) is 72.1 Å². The van der Waals surface area contributed by atoms with Gasteiger partial charge in [-0.15, -0.1) is 0 Å². The highest BCUT2D eigenvalue weighted by atomic mass is 19.1. The summed E-state index contributed by atoms with van der Waals surface area (Å²) >= 11 is 0. The molecule has 0 aromatic rings. The van der Waals surface area contributed by atoms with Crippen molar-refractivity contribution in [2.24, 2.45) is 52.5 Å². The quantitative estimate of drug-likeness (QED) is 0.477.